The third-order valence-corrected chi connectivity index (χ3v) is 5.86. The maximum Gasteiger partial charge on any atom is 0.184 e. The van der Waals surface area contributed by atoms with Gasteiger partial charge in [-0.05, 0) is 32.1 Å². The van der Waals surface area contributed by atoms with Crippen LogP contribution in [0.3, 0.4) is 0 Å². The summed E-state index contributed by atoms with van der Waals surface area (Å²) in [6.07, 6.45) is 1.11. The average molecular weight is 414 g/mol. The van der Waals surface area contributed by atoms with Crippen molar-refractivity contribution in [3.63, 3.8) is 0 Å². The van der Waals surface area contributed by atoms with E-state index in [0.29, 0.717) is 12.6 Å². The first-order chi connectivity index (χ1) is 13.7. The summed E-state index contributed by atoms with van der Waals surface area (Å²) in [5.74, 6) is 1.69. The van der Waals surface area contributed by atoms with E-state index in [0.717, 1.165) is 52.9 Å². The summed E-state index contributed by atoms with van der Waals surface area (Å²) < 4.78 is 1.83. The van der Waals surface area contributed by atoms with E-state index >= 15 is 0 Å². The molecule has 1 fully saturated rings. The number of benzene rings is 1. The zero-order chi connectivity index (χ0) is 20.8. The van der Waals surface area contributed by atoms with Crippen molar-refractivity contribution in [1.82, 2.24) is 29.9 Å². The number of anilines is 1. The summed E-state index contributed by atoms with van der Waals surface area (Å²) in [7, 11) is 4.26. The predicted octanol–water partition coefficient (Wildman–Crippen LogP) is 3.36. The molecule has 1 aliphatic heterocycles. The Hall–Kier alpha value is -2.25. The summed E-state index contributed by atoms with van der Waals surface area (Å²) in [5.41, 5.74) is 2.33. The van der Waals surface area contributed by atoms with Crippen LogP contribution in [0.2, 0.25) is 5.02 Å². The molecule has 1 unspecified atom stereocenters. The van der Waals surface area contributed by atoms with E-state index < -0.39 is 0 Å². The smallest absolute Gasteiger partial charge is 0.184 e. The number of likely N-dealkylation sites (N-methyl/N-ethyl adjacent to an activating group) is 1. The third-order valence-electron chi connectivity index (χ3n) is 5.49. The lowest BCUT2D eigenvalue weighted by Crippen LogP contribution is -2.32. The molecular weight excluding hydrogens is 386 g/mol. The first-order valence-corrected chi connectivity index (χ1v) is 10.4. The van der Waals surface area contributed by atoms with Gasteiger partial charge in [-0.25, -0.2) is 14.6 Å². The van der Waals surface area contributed by atoms with E-state index in [4.69, 9.17) is 21.6 Å². The average Bonchev–Trinajstić information content (AvgIpc) is 3.30. The maximum absolute atomic E-state index is 6.37. The minimum Gasteiger partial charge on any atom is -0.353 e. The molecule has 0 spiro atoms. The van der Waals surface area contributed by atoms with Crippen molar-refractivity contribution in [1.29, 1.82) is 0 Å². The van der Waals surface area contributed by atoms with E-state index in [1.807, 2.05) is 28.9 Å². The molecule has 0 radical (unpaired) electrons. The van der Waals surface area contributed by atoms with Gasteiger partial charge in [0.05, 0.1) is 6.54 Å². The molecule has 8 heteroatoms. The number of aromatic nitrogens is 5. The van der Waals surface area contributed by atoms with Crippen molar-refractivity contribution in [3.05, 3.63) is 40.7 Å². The van der Waals surface area contributed by atoms with Crippen LogP contribution in [-0.2, 0) is 12.0 Å². The van der Waals surface area contributed by atoms with Crippen LogP contribution in [0, 0.1) is 0 Å². The lowest BCUT2D eigenvalue weighted by Gasteiger charge is -2.23. The van der Waals surface area contributed by atoms with E-state index in [-0.39, 0.29) is 5.41 Å². The molecule has 1 atom stereocenters. The van der Waals surface area contributed by atoms with Gasteiger partial charge in [-0.1, -0.05) is 55.8 Å². The van der Waals surface area contributed by atoms with Gasteiger partial charge in [0, 0.05) is 29.6 Å². The van der Waals surface area contributed by atoms with Crippen molar-refractivity contribution < 1.29 is 0 Å². The van der Waals surface area contributed by atoms with Gasteiger partial charge in [0.1, 0.15) is 5.82 Å². The second-order valence-corrected chi connectivity index (χ2v) is 9.39. The van der Waals surface area contributed by atoms with Gasteiger partial charge in [-0.3, -0.25) is 0 Å². The molecule has 1 saturated heterocycles. The SMILES string of the molecule is CN(C)C1CCN(c2nc(C(C)(C)C)nc3c2nnn3Cc2ccccc2Cl)C1. The van der Waals surface area contributed by atoms with Crippen LogP contribution < -0.4 is 4.90 Å². The highest BCUT2D eigenvalue weighted by Gasteiger charge is 2.30. The highest BCUT2D eigenvalue weighted by atomic mass is 35.5. The van der Waals surface area contributed by atoms with Crippen molar-refractivity contribution >= 4 is 28.6 Å². The Balaban J connectivity index is 1.80. The maximum atomic E-state index is 6.37. The van der Waals surface area contributed by atoms with Gasteiger partial charge in [0.15, 0.2) is 17.0 Å². The van der Waals surface area contributed by atoms with Gasteiger partial charge in [0.25, 0.3) is 0 Å². The van der Waals surface area contributed by atoms with Gasteiger partial charge in [-0.2, -0.15) is 0 Å². The van der Waals surface area contributed by atoms with Crippen LogP contribution in [-0.4, -0.2) is 63.1 Å². The molecule has 3 aromatic rings. The minimum absolute atomic E-state index is 0.177. The lowest BCUT2D eigenvalue weighted by molar-refractivity contribution is 0.315. The number of hydrogen-bond donors (Lipinski definition) is 0. The van der Waals surface area contributed by atoms with E-state index in [1.54, 1.807) is 0 Å². The van der Waals surface area contributed by atoms with Crippen molar-refractivity contribution in [2.75, 3.05) is 32.1 Å². The zero-order valence-electron chi connectivity index (χ0n) is 17.7. The van der Waals surface area contributed by atoms with Crippen LogP contribution in [0.25, 0.3) is 11.2 Å². The number of rotatable bonds is 4. The number of nitrogens with zero attached hydrogens (tertiary/aromatic N) is 7. The van der Waals surface area contributed by atoms with Gasteiger partial charge in [0.2, 0.25) is 0 Å². The van der Waals surface area contributed by atoms with Crippen LogP contribution in [0.4, 0.5) is 5.82 Å². The normalized spacial score (nSPS) is 17.6. The van der Waals surface area contributed by atoms with Gasteiger partial charge < -0.3 is 9.80 Å². The molecule has 2 aromatic heterocycles. The van der Waals surface area contributed by atoms with Crippen LogP contribution >= 0.6 is 11.6 Å². The van der Waals surface area contributed by atoms with E-state index in [2.05, 4.69) is 55.0 Å². The molecule has 1 aliphatic rings. The van der Waals surface area contributed by atoms with Crippen LogP contribution in [0.5, 0.6) is 0 Å². The monoisotopic (exact) mass is 413 g/mol. The molecule has 4 rings (SSSR count). The molecule has 29 heavy (non-hydrogen) atoms. The number of fused-ring (bicyclic) bond motifs is 1. The second-order valence-electron chi connectivity index (χ2n) is 8.98. The summed E-state index contributed by atoms with van der Waals surface area (Å²) >= 11 is 6.37. The highest BCUT2D eigenvalue weighted by Crippen LogP contribution is 2.30. The fourth-order valence-electron chi connectivity index (χ4n) is 3.65. The largest absolute Gasteiger partial charge is 0.353 e. The van der Waals surface area contributed by atoms with Crippen molar-refractivity contribution in [2.45, 2.75) is 45.2 Å². The molecule has 0 N–H and O–H groups in total. The summed E-state index contributed by atoms with van der Waals surface area (Å²) in [6, 6.07) is 8.31. The van der Waals surface area contributed by atoms with Gasteiger partial charge >= 0.3 is 0 Å². The number of hydrogen-bond acceptors (Lipinski definition) is 6. The predicted molar refractivity (Wildman–Crippen MR) is 117 cm³/mol. The zero-order valence-corrected chi connectivity index (χ0v) is 18.5. The Morgan fingerprint density at radius 2 is 1.93 bits per heavy atom. The quantitative estimate of drug-likeness (QED) is 0.653. The Morgan fingerprint density at radius 3 is 2.59 bits per heavy atom. The molecule has 3 heterocycles. The first-order valence-electron chi connectivity index (χ1n) is 10.0. The molecule has 0 saturated carbocycles. The molecule has 0 amide bonds. The Morgan fingerprint density at radius 1 is 1.17 bits per heavy atom. The lowest BCUT2D eigenvalue weighted by atomic mass is 9.96. The first kappa shape index (κ1) is 20.0. The fourth-order valence-corrected chi connectivity index (χ4v) is 3.84. The minimum atomic E-state index is -0.177. The molecule has 7 nitrogen and oxygen atoms in total. The third kappa shape index (κ3) is 3.94. The Kier molecular flexibility index (Phi) is 5.21. The summed E-state index contributed by atoms with van der Waals surface area (Å²) in [5, 5.41) is 9.60. The molecular formula is C21H28ClN7. The topological polar surface area (TPSA) is 63.0 Å². The standard InChI is InChI=1S/C21H28ClN7/c1-21(2,3)20-23-18(28-11-10-15(13-28)27(4)5)17-19(24-20)29(26-25-17)12-14-8-6-7-9-16(14)22/h6-9,15H,10-13H2,1-5H3. The van der Waals surface area contributed by atoms with Crippen LogP contribution in [0.1, 0.15) is 38.6 Å². The van der Waals surface area contributed by atoms with Crippen LogP contribution in [0.15, 0.2) is 24.3 Å². The Labute approximate surface area is 176 Å². The highest BCUT2D eigenvalue weighted by molar-refractivity contribution is 6.31. The van der Waals surface area contributed by atoms with E-state index in [1.165, 1.54) is 0 Å². The van der Waals surface area contributed by atoms with Crippen molar-refractivity contribution in [3.8, 4) is 0 Å². The van der Waals surface area contributed by atoms with Gasteiger partial charge in [-0.15, -0.1) is 5.10 Å². The van der Waals surface area contributed by atoms with E-state index in [9.17, 15) is 0 Å². The molecule has 0 aliphatic carbocycles. The Bertz CT molecular complexity index is 1020. The second kappa shape index (κ2) is 7.54. The summed E-state index contributed by atoms with van der Waals surface area (Å²) in [4.78, 5) is 14.4. The summed E-state index contributed by atoms with van der Waals surface area (Å²) in [6.45, 7) is 8.80. The molecule has 154 valence electrons. The van der Waals surface area contributed by atoms with Crippen molar-refractivity contribution in [2.24, 2.45) is 0 Å². The fraction of sp³-hybridized carbons (Fsp3) is 0.524. The molecule has 0 bridgehead atoms. The number of halogens is 1. The molecule has 1 aromatic carbocycles.